The summed E-state index contributed by atoms with van der Waals surface area (Å²) >= 11 is 5.99. The van der Waals surface area contributed by atoms with Crippen molar-refractivity contribution in [2.75, 3.05) is 13.7 Å². The van der Waals surface area contributed by atoms with Gasteiger partial charge in [0.2, 0.25) is 0 Å². The Hall–Kier alpha value is -2.78. The molecule has 162 valence electrons. The van der Waals surface area contributed by atoms with Crippen molar-refractivity contribution in [1.29, 1.82) is 0 Å². The summed E-state index contributed by atoms with van der Waals surface area (Å²) in [6.07, 6.45) is -5.07. The predicted octanol–water partition coefficient (Wildman–Crippen LogP) is 4.11. The molecular formula is C20H19ClF3NO5. The van der Waals surface area contributed by atoms with E-state index in [1.54, 1.807) is 6.92 Å². The molecule has 0 saturated heterocycles. The quantitative estimate of drug-likeness (QED) is 0.513. The zero-order chi connectivity index (χ0) is 22.5. The van der Waals surface area contributed by atoms with Gasteiger partial charge in [0.05, 0.1) is 24.2 Å². The normalized spacial score (nSPS) is 13.3. The molecule has 30 heavy (non-hydrogen) atoms. The van der Waals surface area contributed by atoms with Crippen LogP contribution in [0.25, 0.3) is 0 Å². The minimum absolute atomic E-state index is 0.0102. The lowest BCUT2D eigenvalue weighted by molar-refractivity contribution is -0.270. The minimum Gasteiger partial charge on any atom is -0.465 e. The Morgan fingerprint density at radius 2 is 1.77 bits per heavy atom. The number of amides is 1. The number of nitrogens with zero attached hydrogens (tertiary/aromatic N) is 1. The smallest absolute Gasteiger partial charge is 0.430 e. The van der Waals surface area contributed by atoms with Crippen LogP contribution in [0.5, 0.6) is 5.75 Å². The number of rotatable bonds is 7. The third kappa shape index (κ3) is 4.68. The van der Waals surface area contributed by atoms with Gasteiger partial charge >= 0.3 is 18.1 Å². The van der Waals surface area contributed by atoms with Gasteiger partial charge in [-0.2, -0.15) is 18.2 Å². The van der Waals surface area contributed by atoms with E-state index in [0.717, 1.165) is 25.3 Å². The number of carbonyl (C=O) groups is 2. The molecule has 0 heterocycles. The molecule has 2 aromatic rings. The molecule has 1 N–H and O–H groups in total. The molecule has 0 aliphatic carbocycles. The van der Waals surface area contributed by atoms with Crippen LogP contribution < -0.4 is 4.84 Å². The fraction of sp³-hybridized carbons (Fsp3) is 0.300. The van der Waals surface area contributed by atoms with Crippen molar-refractivity contribution in [2.24, 2.45) is 0 Å². The molecule has 2 aromatic carbocycles. The van der Waals surface area contributed by atoms with Gasteiger partial charge in [-0.15, -0.1) is 0 Å². The van der Waals surface area contributed by atoms with Crippen LogP contribution in [0.2, 0.25) is 5.02 Å². The first-order valence-corrected chi connectivity index (χ1v) is 9.16. The standard InChI is InChI=1S/C20H19ClF3NO5/c1-3-11-25(30-14-9-10-15(16(21)12-14)17(26)29-2)18(27)19(28,20(22,23)24)13-7-5-4-6-8-13/h4-10,12,28H,3,11H2,1-2H3. The van der Waals surface area contributed by atoms with Crippen molar-refractivity contribution in [1.82, 2.24) is 5.06 Å². The Balaban J connectivity index is 2.42. The highest BCUT2D eigenvalue weighted by atomic mass is 35.5. The summed E-state index contributed by atoms with van der Waals surface area (Å²) in [5, 5.41) is 10.8. The van der Waals surface area contributed by atoms with E-state index in [2.05, 4.69) is 4.74 Å². The maximum atomic E-state index is 13.8. The molecule has 0 radical (unpaired) electrons. The van der Waals surface area contributed by atoms with Crippen LogP contribution in [-0.4, -0.2) is 41.9 Å². The number of aliphatic hydroxyl groups is 1. The Morgan fingerprint density at radius 3 is 2.27 bits per heavy atom. The molecule has 0 bridgehead atoms. The van der Waals surface area contributed by atoms with Crippen molar-refractivity contribution >= 4 is 23.5 Å². The lowest BCUT2D eigenvalue weighted by Crippen LogP contribution is -2.56. The van der Waals surface area contributed by atoms with Crippen molar-refractivity contribution in [3.05, 3.63) is 64.7 Å². The summed E-state index contributed by atoms with van der Waals surface area (Å²) in [6.45, 7) is 1.37. The van der Waals surface area contributed by atoms with Gasteiger partial charge in [-0.1, -0.05) is 48.9 Å². The first-order valence-electron chi connectivity index (χ1n) is 8.78. The molecular weight excluding hydrogens is 427 g/mol. The summed E-state index contributed by atoms with van der Waals surface area (Å²) in [7, 11) is 1.16. The third-order valence-electron chi connectivity index (χ3n) is 4.13. The molecule has 6 nitrogen and oxygen atoms in total. The van der Waals surface area contributed by atoms with Crippen LogP contribution in [-0.2, 0) is 15.1 Å². The van der Waals surface area contributed by atoms with E-state index in [0.29, 0.717) is 5.06 Å². The number of halogens is 4. The van der Waals surface area contributed by atoms with Gasteiger partial charge in [-0.3, -0.25) is 4.79 Å². The van der Waals surface area contributed by atoms with Gasteiger partial charge in [-0.05, 0) is 18.6 Å². The van der Waals surface area contributed by atoms with Crippen LogP contribution in [0.4, 0.5) is 13.2 Å². The van der Waals surface area contributed by atoms with Crippen LogP contribution in [0.1, 0.15) is 29.3 Å². The van der Waals surface area contributed by atoms with Crippen molar-refractivity contribution in [3.8, 4) is 5.75 Å². The van der Waals surface area contributed by atoms with E-state index in [4.69, 9.17) is 16.4 Å². The number of hydroxylamine groups is 2. The number of hydrogen-bond acceptors (Lipinski definition) is 5. The largest absolute Gasteiger partial charge is 0.465 e. The van der Waals surface area contributed by atoms with Crippen LogP contribution in [0, 0.1) is 0 Å². The fourth-order valence-electron chi connectivity index (χ4n) is 2.62. The predicted molar refractivity (Wildman–Crippen MR) is 102 cm³/mol. The van der Waals surface area contributed by atoms with Gasteiger partial charge < -0.3 is 14.7 Å². The van der Waals surface area contributed by atoms with Crippen molar-refractivity contribution in [3.63, 3.8) is 0 Å². The SMILES string of the molecule is CCCN(Oc1ccc(C(=O)OC)c(Cl)c1)C(=O)C(O)(c1ccccc1)C(F)(F)F. The maximum Gasteiger partial charge on any atom is 0.430 e. The first kappa shape index (κ1) is 23.5. The van der Waals surface area contributed by atoms with E-state index >= 15 is 0 Å². The lowest BCUT2D eigenvalue weighted by Gasteiger charge is -2.34. The number of ether oxygens (including phenoxy) is 1. The molecule has 10 heteroatoms. The average molecular weight is 446 g/mol. The number of esters is 1. The summed E-state index contributed by atoms with van der Waals surface area (Å²) in [4.78, 5) is 29.8. The molecule has 0 spiro atoms. The summed E-state index contributed by atoms with van der Waals surface area (Å²) in [5.41, 5.74) is -4.46. The second-order valence-corrected chi connectivity index (χ2v) is 6.61. The topological polar surface area (TPSA) is 76.1 Å². The molecule has 0 fully saturated rings. The molecule has 0 aliphatic heterocycles. The average Bonchev–Trinajstić information content (AvgIpc) is 2.71. The summed E-state index contributed by atoms with van der Waals surface area (Å²) < 4.78 is 46.0. The van der Waals surface area contributed by atoms with Crippen molar-refractivity contribution < 1.29 is 37.4 Å². The lowest BCUT2D eigenvalue weighted by atomic mass is 9.92. The van der Waals surface area contributed by atoms with Crippen molar-refractivity contribution in [2.45, 2.75) is 25.1 Å². The van der Waals surface area contributed by atoms with Gasteiger partial charge in [0.25, 0.3) is 5.60 Å². The van der Waals surface area contributed by atoms with E-state index in [1.807, 2.05) is 0 Å². The minimum atomic E-state index is -5.31. The summed E-state index contributed by atoms with van der Waals surface area (Å²) in [6, 6.07) is 9.63. The third-order valence-corrected chi connectivity index (χ3v) is 4.44. The number of methoxy groups -OCH3 is 1. The Bertz CT molecular complexity index is 907. The van der Waals surface area contributed by atoms with Gasteiger partial charge in [0.15, 0.2) is 5.75 Å². The molecule has 1 unspecified atom stereocenters. The van der Waals surface area contributed by atoms with Crippen LogP contribution in [0.15, 0.2) is 48.5 Å². The zero-order valence-electron chi connectivity index (χ0n) is 16.1. The molecule has 0 aromatic heterocycles. The molecule has 1 amide bonds. The van der Waals surface area contributed by atoms with E-state index in [9.17, 15) is 27.9 Å². The van der Waals surface area contributed by atoms with Crippen LogP contribution >= 0.6 is 11.6 Å². The number of alkyl halides is 3. The second-order valence-electron chi connectivity index (χ2n) is 6.21. The van der Waals surface area contributed by atoms with E-state index in [1.165, 1.54) is 30.3 Å². The van der Waals surface area contributed by atoms with Crippen LogP contribution in [0.3, 0.4) is 0 Å². The van der Waals surface area contributed by atoms with Gasteiger partial charge in [0.1, 0.15) is 0 Å². The number of benzene rings is 2. The van der Waals surface area contributed by atoms with E-state index in [-0.39, 0.29) is 29.3 Å². The van der Waals surface area contributed by atoms with Gasteiger partial charge in [-0.25, -0.2) is 4.79 Å². The number of hydrogen-bond donors (Lipinski definition) is 1. The number of carbonyl (C=O) groups excluding carboxylic acids is 2. The Morgan fingerprint density at radius 1 is 1.13 bits per heavy atom. The maximum absolute atomic E-state index is 13.8. The molecule has 2 rings (SSSR count). The second kappa shape index (κ2) is 9.36. The van der Waals surface area contributed by atoms with E-state index < -0.39 is 29.2 Å². The summed E-state index contributed by atoms with van der Waals surface area (Å²) in [5.74, 6) is -2.54. The van der Waals surface area contributed by atoms with Gasteiger partial charge in [0, 0.05) is 11.6 Å². The molecule has 0 saturated carbocycles. The highest BCUT2D eigenvalue weighted by Gasteiger charge is 2.62. The Labute approximate surface area is 175 Å². The molecule has 0 aliphatic rings. The molecule has 1 atom stereocenters. The monoisotopic (exact) mass is 445 g/mol. The Kier molecular flexibility index (Phi) is 7.33. The highest BCUT2D eigenvalue weighted by Crippen LogP contribution is 2.40. The first-order chi connectivity index (χ1) is 14.1. The fourth-order valence-corrected chi connectivity index (χ4v) is 2.86. The zero-order valence-corrected chi connectivity index (χ0v) is 16.8. The highest BCUT2D eigenvalue weighted by molar-refractivity contribution is 6.33.